The molecule has 1 saturated heterocycles. The third-order valence-corrected chi connectivity index (χ3v) is 7.35. The van der Waals surface area contributed by atoms with Gasteiger partial charge in [0.1, 0.15) is 5.76 Å². The van der Waals surface area contributed by atoms with E-state index in [-0.39, 0.29) is 5.91 Å². The van der Waals surface area contributed by atoms with E-state index in [0.717, 1.165) is 17.0 Å². The average molecular weight is 376 g/mol. The summed E-state index contributed by atoms with van der Waals surface area (Å²) in [4.78, 5) is 14.6. The molecule has 26 heavy (non-hydrogen) atoms. The summed E-state index contributed by atoms with van der Waals surface area (Å²) in [5.41, 5.74) is 1.81. The minimum absolute atomic E-state index is 0.0561. The van der Waals surface area contributed by atoms with E-state index in [4.69, 9.17) is 4.52 Å². The van der Waals surface area contributed by atoms with Gasteiger partial charge in [0.2, 0.25) is 5.91 Å². The van der Waals surface area contributed by atoms with Crippen molar-refractivity contribution in [3.8, 4) is 0 Å². The lowest BCUT2D eigenvalue weighted by molar-refractivity contribution is -0.132. The highest BCUT2D eigenvalue weighted by Gasteiger charge is 2.32. The second-order valence-corrected chi connectivity index (χ2v) is 8.97. The van der Waals surface area contributed by atoms with Crippen molar-refractivity contribution in [2.75, 3.05) is 13.1 Å². The van der Waals surface area contributed by atoms with Crippen LogP contribution in [-0.4, -0.2) is 42.7 Å². The summed E-state index contributed by atoms with van der Waals surface area (Å²) in [5, 5.41) is 3.49. The summed E-state index contributed by atoms with van der Waals surface area (Å²) in [7, 11) is -3.33. The average Bonchev–Trinajstić information content (AvgIpc) is 2.98. The molecule has 140 valence electrons. The zero-order valence-electron chi connectivity index (χ0n) is 15.1. The number of benzene rings is 1. The van der Waals surface area contributed by atoms with Crippen LogP contribution in [0.5, 0.6) is 0 Å². The maximum Gasteiger partial charge on any atom is 0.222 e. The Balaban J connectivity index is 1.56. The maximum atomic E-state index is 12.7. The van der Waals surface area contributed by atoms with Crippen molar-refractivity contribution >= 4 is 15.7 Å². The second-order valence-electron chi connectivity index (χ2n) is 6.74. The number of likely N-dealkylation sites (tertiary alicyclic amines) is 1. The predicted molar refractivity (Wildman–Crippen MR) is 97.5 cm³/mol. The van der Waals surface area contributed by atoms with Gasteiger partial charge in [0.25, 0.3) is 0 Å². The third-order valence-electron chi connectivity index (χ3n) is 5.08. The molecule has 1 amide bonds. The molecule has 1 aromatic heterocycles. The number of piperidine rings is 1. The van der Waals surface area contributed by atoms with Crippen LogP contribution in [0.25, 0.3) is 0 Å². The quantitative estimate of drug-likeness (QED) is 0.801. The molecule has 2 heterocycles. The van der Waals surface area contributed by atoms with Crippen LogP contribution in [0.15, 0.2) is 39.8 Å². The van der Waals surface area contributed by atoms with E-state index < -0.39 is 15.1 Å². The van der Waals surface area contributed by atoms with Gasteiger partial charge in [-0.05, 0) is 45.2 Å². The molecule has 2 aromatic rings. The Hall–Kier alpha value is -2.15. The standard InChI is InChI=1S/C19H24N2O4S/c1-14-18(15(2)25-20-14)8-9-19(22)21-12-10-17(11-13-21)26(23,24)16-6-4-3-5-7-16/h3-7,17H,8-13H2,1-2H3. The van der Waals surface area contributed by atoms with Gasteiger partial charge < -0.3 is 9.42 Å². The minimum atomic E-state index is -3.33. The van der Waals surface area contributed by atoms with E-state index >= 15 is 0 Å². The summed E-state index contributed by atoms with van der Waals surface area (Å²) in [6, 6.07) is 8.55. The number of aryl methyl sites for hydroxylation is 2. The van der Waals surface area contributed by atoms with Gasteiger partial charge in [-0.15, -0.1) is 0 Å². The zero-order chi connectivity index (χ0) is 18.7. The summed E-state index contributed by atoms with van der Waals surface area (Å²) < 4.78 is 30.5. The van der Waals surface area contributed by atoms with Gasteiger partial charge in [0, 0.05) is 25.1 Å². The molecule has 0 atom stereocenters. The van der Waals surface area contributed by atoms with E-state index in [1.54, 1.807) is 35.2 Å². The molecule has 0 saturated carbocycles. The number of sulfone groups is 1. The first-order valence-electron chi connectivity index (χ1n) is 8.88. The number of carbonyl (C=O) groups is 1. The van der Waals surface area contributed by atoms with E-state index in [9.17, 15) is 13.2 Å². The monoisotopic (exact) mass is 376 g/mol. The van der Waals surface area contributed by atoms with Crippen LogP contribution >= 0.6 is 0 Å². The van der Waals surface area contributed by atoms with E-state index in [2.05, 4.69) is 5.16 Å². The lowest BCUT2D eigenvalue weighted by Crippen LogP contribution is -2.42. The molecule has 0 radical (unpaired) electrons. The van der Waals surface area contributed by atoms with Gasteiger partial charge in [-0.2, -0.15) is 0 Å². The van der Waals surface area contributed by atoms with E-state index in [1.165, 1.54) is 0 Å². The predicted octanol–water partition coefficient (Wildman–Crippen LogP) is 2.69. The molecule has 0 unspecified atom stereocenters. The molecule has 1 aromatic carbocycles. The minimum Gasteiger partial charge on any atom is -0.361 e. The molecule has 0 spiro atoms. The molecular weight excluding hydrogens is 352 g/mol. The van der Waals surface area contributed by atoms with Crippen LogP contribution in [0.4, 0.5) is 0 Å². The van der Waals surface area contributed by atoms with Gasteiger partial charge in [0.05, 0.1) is 15.8 Å². The Kier molecular flexibility index (Phi) is 5.46. The number of hydrogen-bond acceptors (Lipinski definition) is 5. The van der Waals surface area contributed by atoms with E-state index in [1.807, 2.05) is 13.8 Å². The van der Waals surface area contributed by atoms with Crippen molar-refractivity contribution in [3.63, 3.8) is 0 Å². The van der Waals surface area contributed by atoms with Crippen LogP contribution in [0.1, 0.15) is 36.3 Å². The number of amides is 1. The smallest absolute Gasteiger partial charge is 0.222 e. The van der Waals surface area contributed by atoms with Crippen molar-refractivity contribution in [1.82, 2.24) is 10.1 Å². The summed E-state index contributed by atoms with van der Waals surface area (Å²) in [6.45, 7) is 4.68. The van der Waals surface area contributed by atoms with Crippen molar-refractivity contribution in [1.29, 1.82) is 0 Å². The van der Waals surface area contributed by atoms with Crippen molar-refractivity contribution in [2.45, 2.75) is 49.7 Å². The molecule has 0 bridgehead atoms. The molecule has 0 N–H and O–H groups in total. The fourth-order valence-corrected chi connectivity index (χ4v) is 5.22. The van der Waals surface area contributed by atoms with E-state index in [0.29, 0.717) is 43.7 Å². The Labute approximate surface area is 154 Å². The molecule has 3 rings (SSSR count). The first-order valence-corrected chi connectivity index (χ1v) is 10.4. The number of hydrogen-bond donors (Lipinski definition) is 0. The summed E-state index contributed by atoms with van der Waals surface area (Å²) >= 11 is 0. The van der Waals surface area contributed by atoms with Crippen LogP contribution in [-0.2, 0) is 21.1 Å². The lowest BCUT2D eigenvalue weighted by Gasteiger charge is -2.31. The highest BCUT2D eigenvalue weighted by Crippen LogP contribution is 2.25. The Morgan fingerprint density at radius 3 is 2.42 bits per heavy atom. The fourth-order valence-electron chi connectivity index (χ4n) is 3.47. The maximum absolute atomic E-state index is 12.7. The molecule has 7 heteroatoms. The van der Waals surface area contributed by atoms with Gasteiger partial charge in [-0.25, -0.2) is 8.42 Å². The Bertz CT molecular complexity index is 847. The van der Waals surface area contributed by atoms with Gasteiger partial charge in [-0.3, -0.25) is 4.79 Å². The Morgan fingerprint density at radius 2 is 1.85 bits per heavy atom. The Morgan fingerprint density at radius 1 is 1.19 bits per heavy atom. The third kappa shape index (κ3) is 3.82. The highest BCUT2D eigenvalue weighted by atomic mass is 32.2. The summed E-state index contributed by atoms with van der Waals surface area (Å²) in [6.07, 6.45) is 1.95. The molecule has 1 fully saturated rings. The fraction of sp³-hybridized carbons (Fsp3) is 0.474. The largest absolute Gasteiger partial charge is 0.361 e. The topological polar surface area (TPSA) is 80.5 Å². The van der Waals surface area contributed by atoms with Crippen molar-refractivity contribution < 1.29 is 17.7 Å². The van der Waals surface area contributed by atoms with Crippen LogP contribution < -0.4 is 0 Å². The molecule has 1 aliphatic heterocycles. The summed E-state index contributed by atoms with van der Waals surface area (Å²) in [5.74, 6) is 0.809. The van der Waals surface area contributed by atoms with Crippen LogP contribution in [0.2, 0.25) is 0 Å². The van der Waals surface area contributed by atoms with Gasteiger partial charge in [-0.1, -0.05) is 23.4 Å². The second kappa shape index (κ2) is 7.61. The normalized spacial score (nSPS) is 16.0. The number of aromatic nitrogens is 1. The first kappa shape index (κ1) is 18.6. The van der Waals surface area contributed by atoms with Crippen LogP contribution in [0.3, 0.4) is 0 Å². The van der Waals surface area contributed by atoms with Crippen LogP contribution in [0, 0.1) is 13.8 Å². The van der Waals surface area contributed by atoms with Gasteiger partial charge in [0.15, 0.2) is 9.84 Å². The molecular formula is C19H24N2O4S. The first-order chi connectivity index (χ1) is 12.4. The number of rotatable bonds is 5. The number of carbonyl (C=O) groups excluding carboxylic acids is 1. The zero-order valence-corrected chi connectivity index (χ0v) is 16.0. The van der Waals surface area contributed by atoms with Crippen molar-refractivity contribution in [2.24, 2.45) is 0 Å². The highest BCUT2D eigenvalue weighted by molar-refractivity contribution is 7.92. The SMILES string of the molecule is Cc1noc(C)c1CCC(=O)N1CCC(S(=O)(=O)c2ccccc2)CC1. The van der Waals surface area contributed by atoms with Crippen molar-refractivity contribution in [3.05, 3.63) is 47.3 Å². The number of nitrogens with zero attached hydrogens (tertiary/aromatic N) is 2. The van der Waals surface area contributed by atoms with Gasteiger partial charge >= 0.3 is 0 Å². The molecule has 0 aliphatic carbocycles. The lowest BCUT2D eigenvalue weighted by atomic mass is 10.1. The molecule has 1 aliphatic rings. The molecule has 6 nitrogen and oxygen atoms in total.